The minimum Gasteiger partial charge on any atom is -0.316 e. The standard InChI is InChI=1S/C17H25Cl2N/c1-2-9-20-12-15-6-4-3-5-14(15)10-13-7-8-16(18)17(19)11-13/h7-8,11,14-15,20H,2-6,9-10,12H2,1H3. The summed E-state index contributed by atoms with van der Waals surface area (Å²) in [6.45, 7) is 4.52. The van der Waals surface area contributed by atoms with E-state index in [1.165, 1.54) is 44.2 Å². The summed E-state index contributed by atoms with van der Waals surface area (Å²) >= 11 is 12.1. The van der Waals surface area contributed by atoms with Crippen LogP contribution in [0.3, 0.4) is 0 Å². The maximum Gasteiger partial charge on any atom is 0.0595 e. The molecule has 0 amide bonds. The van der Waals surface area contributed by atoms with E-state index >= 15 is 0 Å². The molecule has 2 rings (SSSR count). The molecule has 1 fully saturated rings. The summed E-state index contributed by atoms with van der Waals surface area (Å²) in [5.41, 5.74) is 1.33. The second-order valence-corrected chi connectivity index (χ2v) is 6.78. The average Bonchev–Trinajstić information content (AvgIpc) is 2.45. The smallest absolute Gasteiger partial charge is 0.0595 e. The molecular weight excluding hydrogens is 289 g/mol. The Bertz CT molecular complexity index is 419. The maximum atomic E-state index is 6.13. The van der Waals surface area contributed by atoms with Crippen molar-refractivity contribution in [3.63, 3.8) is 0 Å². The van der Waals surface area contributed by atoms with Crippen LogP contribution in [0, 0.1) is 11.8 Å². The summed E-state index contributed by atoms with van der Waals surface area (Å²) in [5, 5.41) is 4.93. The molecule has 1 saturated carbocycles. The van der Waals surface area contributed by atoms with E-state index in [1.807, 2.05) is 12.1 Å². The fraction of sp³-hybridized carbons (Fsp3) is 0.647. The van der Waals surface area contributed by atoms with E-state index in [4.69, 9.17) is 23.2 Å². The number of nitrogens with one attached hydrogen (secondary N) is 1. The molecule has 0 spiro atoms. The van der Waals surface area contributed by atoms with E-state index in [1.54, 1.807) is 0 Å². The maximum absolute atomic E-state index is 6.13. The van der Waals surface area contributed by atoms with E-state index in [9.17, 15) is 0 Å². The Kier molecular flexibility index (Phi) is 6.67. The SMILES string of the molecule is CCCNCC1CCCCC1Cc1ccc(Cl)c(Cl)c1. The molecule has 20 heavy (non-hydrogen) atoms. The van der Waals surface area contributed by atoms with E-state index in [-0.39, 0.29) is 0 Å². The van der Waals surface area contributed by atoms with Crippen molar-refractivity contribution in [2.45, 2.75) is 45.4 Å². The largest absolute Gasteiger partial charge is 0.316 e. The molecule has 1 aromatic carbocycles. The Hall–Kier alpha value is -0.240. The molecule has 0 saturated heterocycles. The second-order valence-electron chi connectivity index (χ2n) is 5.96. The highest BCUT2D eigenvalue weighted by Gasteiger charge is 2.24. The van der Waals surface area contributed by atoms with Crippen LogP contribution >= 0.6 is 23.2 Å². The van der Waals surface area contributed by atoms with Crippen molar-refractivity contribution < 1.29 is 0 Å². The van der Waals surface area contributed by atoms with Gasteiger partial charge in [0.1, 0.15) is 0 Å². The molecule has 0 bridgehead atoms. The van der Waals surface area contributed by atoms with Crippen LogP contribution in [0.15, 0.2) is 18.2 Å². The van der Waals surface area contributed by atoms with Gasteiger partial charge in [0, 0.05) is 0 Å². The lowest BCUT2D eigenvalue weighted by molar-refractivity contribution is 0.229. The van der Waals surface area contributed by atoms with Gasteiger partial charge in [-0.3, -0.25) is 0 Å². The molecule has 1 nitrogen and oxygen atoms in total. The summed E-state index contributed by atoms with van der Waals surface area (Å²) in [6.07, 6.45) is 7.81. The van der Waals surface area contributed by atoms with Gasteiger partial charge in [0.2, 0.25) is 0 Å². The predicted molar refractivity (Wildman–Crippen MR) is 88.8 cm³/mol. The zero-order valence-corrected chi connectivity index (χ0v) is 13.8. The molecular formula is C17H25Cl2N. The van der Waals surface area contributed by atoms with Crippen molar-refractivity contribution in [1.82, 2.24) is 5.32 Å². The van der Waals surface area contributed by atoms with Crippen molar-refractivity contribution >= 4 is 23.2 Å². The second kappa shape index (κ2) is 8.26. The zero-order valence-electron chi connectivity index (χ0n) is 12.3. The first-order valence-electron chi connectivity index (χ1n) is 7.85. The van der Waals surface area contributed by atoms with Crippen molar-refractivity contribution in [2.24, 2.45) is 11.8 Å². The molecule has 1 aliphatic rings. The molecule has 0 radical (unpaired) electrons. The van der Waals surface area contributed by atoms with Crippen LogP contribution in [0.2, 0.25) is 10.0 Å². The fourth-order valence-corrected chi connectivity index (χ4v) is 3.58. The molecule has 1 N–H and O–H groups in total. The third kappa shape index (κ3) is 4.65. The van der Waals surface area contributed by atoms with Gasteiger partial charge in [-0.05, 0) is 68.3 Å². The van der Waals surface area contributed by atoms with Crippen LogP contribution in [0.4, 0.5) is 0 Å². The van der Waals surface area contributed by atoms with Crippen molar-refractivity contribution in [3.05, 3.63) is 33.8 Å². The minimum absolute atomic E-state index is 0.653. The molecule has 2 unspecified atom stereocenters. The van der Waals surface area contributed by atoms with Crippen LogP contribution < -0.4 is 5.32 Å². The average molecular weight is 314 g/mol. The van der Waals surface area contributed by atoms with Gasteiger partial charge in [0.05, 0.1) is 10.0 Å². The lowest BCUT2D eigenvalue weighted by Gasteiger charge is -2.32. The van der Waals surface area contributed by atoms with E-state index in [0.717, 1.165) is 24.8 Å². The molecule has 0 aliphatic heterocycles. The minimum atomic E-state index is 0.653. The van der Waals surface area contributed by atoms with Gasteiger partial charge < -0.3 is 5.32 Å². The third-order valence-corrected chi connectivity index (χ3v) is 5.12. The summed E-state index contributed by atoms with van der Waals surface area (Å²) in [6, 6.07) is 6.08. The summed E-state index contributed by atoms with van der Waals surface area (Å²) in [4.78, 5) is 0. The monoisotopic (exact) mass is 313 g/mol. The van der Waals surface area contributed by atoms with Crippen LogP contribution in [-0.2, 0) is 6.42 Å². The Labute approximate surface area is 133 Å². The quantitative estimate of drug-likeness (QED) is 0.699. The van der Waals surface area contributed by atoms with Gasteiger partial charge in [0.25, 0.3) is 0 Å². The number of benzene rings is 1. The number of halogens is 2. The Balaban J connectivity index is 1.95. The summed E-state index contributed by atoms with van der Waals surface area (Å²) in [5.74, 6) is 1.59. The first-order chi connectivity index (χ1) is 9.70. The number of hydrogen-bond donors (Lipinski definition) is 1. The molecule has 112 valence electrons. The van der Waals surface area contributed by atoms with Crippen LogP contribution in [-0.4, -0.2) is 13.1 Å². The van der Waals surface area contributed by atoms with E-state index in [2.05, 4.69) is 18.3 Å². The third-order valence-electron chi connectivity index (χ3n) is 4.38. The lowest BCUT2D eigenvalue weighted by atomic mass is 9.76. The van der Waals surface area contributed by atoms with Crippen molar-refractivity contribution in [1.29, 1.82) is 0 Å². The predicted octanol–water partition coefficient (Wildman–Crippen LogP) is 5.34. The van der Waals surface area contributed by atoms with Gasteiger partial charge in [-0.25, -0.2) is 0 Å². The number of rotatable bonds is 6. The van der Waals surface area contributed by atoms with Gasteiger partial charge in [0.15, 0.2) is 0 Å². The van der Waals surface area contributed by atoms with Crippen LogP contribution in [0.5, 0.6) is 0 Å². The first-order valence-corrected chi connectivity index (χ1v) is 8.61. The molecule has 1 aromatic rings. The molecule has 0 heterocycles. The van der Waals surface area contributed by atoms with Crippen LogP contribution in [0.1, 0.15) is 44.6 Å². The number of hydrogen-bond acceptors (Lipinski definition) is 1. The first kappa shape index (κ1) is 16.1. The summed E-state index contributed by atoms with van der Waals surface area (Å²) < 4.78 is 0. The van der Waals surface area contributed by atoms with Gasteiger partial charge in [-0.15, -0.1) is 0 Å². The lowest BCUT2D eigenvalue weighted by Crippen LogP contribution is -2.32. The molecule has 3 heteroatoms. The highest BCUT2D eigenvalue weighted by molar-refractivity contribution is 6.42. The Morgan fingerprint density at radius 1 is 1.10 bits per heavy atom. The summed E-state index contributed by atoms with van der Waals surface area (Å²) in [7, 11) is 0. The molecule has 0 aromatic heterocycles. The van der Waals surface area contributed by atoms with E-state index in [0.29, 0.717) is 10.0 Å². The molecule has 2 atom stereocenters. The van der Waals surface area contributed by atoms with E-state index < -0.39 is 0 Å². The highest BCUT2D eigenvalue weighted by Crippen LogP contribution is 2.33. The molecule has 1 aliphatic carbocycles. The van der Waals surface area contributed by atoms with Crippen molar-refractivity contribution in [2.75, 3.05) is 13.1 Å². The normalized spacial score (nSPS) is 22.9. The van der Waals surface area contributed by atoms with Gasteiger partial charge in [-0.1, -0.05) is 49.0 Å². The zero-order chi connectivity index (χ0) is 14.4. The van der Waals surface area contributed by atoms with Crippen molar-refractivity contribution in [3.8, 4) is 0 Å². The highest BCUT2D eigenvalue weighted by atomic mass is 35.5. The topological polar surface area (TPSA) is 12.0 Å². The van der Waals surface area contributed by atoms with Crippen LogP contribution in [0.25, 0.3) is 0 Å². The van der Waals surface area contributed by atoms with Gasteiger partial charge >= 0.3 is 0 Å². The Morgan fingerprint density at radius 3 is 2.55 bits per heavy atom. The fourth-order valence-electron chi connectivity index (χ4n) is 3.26. The van der Waals surface area contributed by atoms with Gasteiger partial charge in [-0.2, -0.15) is 0 Å². The Morgan fingerprint density at radius 2 is 1.85 bits per heavy atom.